The Morgan fingerprint density at radius 1 is 0.955 bits per heavy atom. The van der Waals surface area contributed by atoms with E-state index < -0.39 is 0 Å². The number of aromatic nitrogens is 3. The highest BCUT2D eigenvalue weighted by Crippen LogP contribution is 2.27. The summed E-state index contributed by atoms with van der Waals surface area (Å²) in [5.41, 5.74) is 6.37. The molecule has 0 aliphatic carbocycles. The molecule has 22 heavy (non-hydrogen) atoms. The molecule has 0 radical (unpaired) electrons. The fourth-order valence-corrected chi connectivity index (χ4v) is 2.44. The van der Waals surface area contributed by atoms with Gasteiger partial charge in [-0.1, -0.05) is 47.2 Å². The molecule has 1 aromatic heterocycles. The Morgan fingerprint density at radius 3 is 2.32 bits per heavy atom. The Morgan fingerprint density at radius 2 is 1.64 bits per heavy atom. The summed E-state index contributed by atoms with van der Waals surface area (Å²) in [6, 6.07) is 16.4. The number of nitriles is 1. The molecule has 108 valence electrons. The van der Waals surface area contributed by atoms with Crippen LogP contribution in [0.2, 0.25) is 0 Å². The molecule has 3 aromatic rings. The normalized spacial score (nSPS) is 10.5. The first-order chi connectivity index (χ1) is 10.6. The van der Waals surface area contributed by atoms with Gasteiger partial charge in [-0.3, -0.25) is 0 Å². The Bertz CT molecular complexity index is 867. The van der Waals surface area contributed by atoms with Crippen LogP contribution < -0.4 is 0 Å². The maximum Gasteiger partial charge on any atom is 0.191 e. The maximum absolute atomic E-state index is 9.35. The van der Waals surface area contributed by atoms with Crippen molar-refractivity contribution in [3.63, 3.8) is 0 Å². The summed E-state index contributed by atoms with van der Waals surface area (Å²) in [6.07, 6.45) is 0. The predicted octanol–water partition coefficient (Wildman–Crippen LogP) is 3.73. The third kappa shape index (κ3) is 2.38. The second-order valence-electron chi connectivity index (χ2n) is 5.47. The first kappa shape index (κ1) is 14.0. The van der Waals surface area contributed by atoms with Crippen molar-refractivity contribution in [2.75, 3.05) is 0 Å². The van der Waals surface area contributed by atoms with Crippen molar-refractivity contribution in [1.29, 1.82) is 5.26 Å². The van der Waals surface area contributed by atoms with E-state index in [4.69, 9.17) is 0 Å². The number of rotatable bonds is 2. The second kappa shape index (κ2) is 5.45. The van der Waals surface area contributed by atoms with Crippen molar-refractivity contribution in [2.24, 2.45) is 0 Å². The Kier molecular flexibility index (Phi) is 3.48. The molecule has 3 rings (SSSR count). The quantitative estimate of drug-likeness (QED) is 0.722. The second-order valence-corrected chi connectivity index (χ2v) is 5.47. The fraction of sp³-hybridized carbons (Fsp3) is 0.167. The molecule has 0 atom stereocenters. The molecule has 0 aliphatic heterocycles. The molecule has 0 N–H and O–H groups in total. The van der Waals surface area contributed by atoms with E-state index in [-0.39, 0.29) is 0 Å². The van der Waals surface area contributed by atoms with E-state index >= 15 is 0 Å². The molecular weight excluding hydrogens is 272 g/mol. The largest absolute Gasteiger partial charge is 0.211 e. The highest BCUT2D eigenvalue weighted by atomic mass is 15.4. The van der Waals surface area contributed by atoms with Gasteiger partial charge in [-0.05, 0) is 38.0 Å². The van der Waals surface area contributed by atoms with Crippen LogP contribution in [0.1, 0.15) is 22.4 Å². The molecule has 0 unspecified atom stereocenters. The Hall–Kier alpha value is -2.93. The fourth-order valence-electron chi connectivity index (χ4n) is 2.44. The van der Waals surface area contributed by atoms with Crippen LogP contribution in [0.4, 0.5) is 0 Å². The lowest BCUT2D eigenvalue weighted by molar-refractivity contribution is 0.801. The van der Waals surface area contributed by atoms with Gasteiger partial charge in [-0.25, -0.2) is 4.68 Å². The standard InChI is InChI=1S/C18H16N4/c1-12-5-8-15(9-6-12)18-16(11-19)20-21-22(18)17-10-13(2)4-7-14(17)3/h4-10H,1-3H3. The van der Waals surface area contributed by atoms with E-state index in [1.165, 1.54) is 5.56 Å². The molecule has 0 fully saturated rings. The molecule has 0 saturated carbocycles. The highest BCUT2D eigenvalue weighted by Gasteiger charge is 2.17. The van der Waals surface area contributed by atoms with Crippen LogP contribution in [0.15, 0.2) is 42.5 Å². The Balaban J connectivity index is 2.26. The van der Waals surface area contributed by atoms with Gasteiger partial charge in [-0.15, -0.1) is 5.10 Å². The van der Waals surface area contributed by atoms with Crippen LogP contribution in [-0.2, 0) is 0 Å². The molecule has 0 aliphatic rings. The minimum absolute atomic E-state index is 0.338. The number of hydrogen-bond acceptors (Lipinski definition) is 3. The maximum atomic E-state index is 9.35. The lowest BCUT2D eigenvalue weighted by atomic mass is 10.1. The predicted molar refractivity (Wildman–Crippen MR) is 85.7 cm³/mol. The molecule has 0 spiro atoms. The van der Waals surface area contributed by atoms with Crippen LogP contribution in [0.25, 0.3) is 16.9 Å². The zero-order valence-electron chi connectivity index (χ0n) is 12.8. The lowest BCUT2D eigenvalue weighted by Gasteiger charge is -2.10. The molecule has 1 heterocycles. The monoisotopic (exact) mass is 288 g/mol. The lowest BCUT2D eigenvalue weighted by Crippen LogP contribution is -2.02. The van der Waals surface area contributed by atoms with E-state index in [1.54, 1.807) is 4.68 Å². The molecule has 0 bridgehead atoms. The summed E-state index contributed by atoms with van der Waals surface area (Å²) in [7, 11) is 0. The minimum atomic E-state index is 0.338. The van der Waals surface area contributed by atoms with E-state index in [0.29, 0.717) is 5.69 Å². The van der Waals surface area contributed by atoms with Crippen molar-refractivity contribution in [3.05, 3.63) is 64.8 Å². The van der Waals surface area contributed by atoms with Crippen molar-refractivity contribution >= 4 is 0 Å². The van der Waals surface area contributed by atoms with Gasteiger partial charge in [0.05, 0.1) is 5.69 Å². The van der Waals surface area contributed by atoms with E-state index in [9.17, 15) is 5.26 Å². The number of benzene rings is 2. The summed E-state index contributed by atoms with van der Waals surface area (Å²) in [4.78, 5) is 0. The third-order valence-corrected chi connectivity index (χ3v) is 3.69. The average molecular weight is 288 g/mol. The van der Waals surface area contributed by atoms with Crippen molar-refractivity contribution < 1.29 is 0 Å². The van der Waals surface area contributed by atoms with Gasteiger partial charge in [0.25, 0.3) is 0 Å². The van der Waals surface area contributed by atoms with Gasteiger partial charge < -0.3 is 0 Å². The number of nitrogens with zero attached hydrogens (tertiary/aromatic N) is 4. The Labute approximate surface area is 129 Å². The topological polar surface area (TPSA) is 54.5 Å². The zero-order chi connectivity index (χ0) is 15.7. The molecular formula is C18H16N4. The van der Waals surface area contributed by atoms with Crippen LogP contribution in [-0.4, -0.2) is 15.0 Å². The van der Waals surface area contributed by atoms with Crippen molar-refractivity contribution in [3.8, 4) is 23.0 Å². The van der Waals surface area contributed by atoms with E-state index in [1.807, 2.05) is 45.0 Å². The first-order valence-electron chi connectivity index (χ1n) is 7.10. The zero-order valence-corrected chi connectivity index (χ0v) is 12.8. The van der Waals surface area contributed by atoms with Crippen LogP contribution in [0.3, 0.4) is 0 Å². The smallest absolute Gasteiger partial charge is 0.191 e. The number of aryl methyl sites for hydroxylation is 3. The molecule has 2 aromatic carbocycles. The van der Waals surface area contributed by atoms with Crippen LogP contribution in [0, 0.1) is 32.1 Å². The first-order valence-corrected chi connectivity index (χ1v) is 7.10. The van der Waals surface area contributed by atoms with Gasteiger partial charge in [0, 0.05) is 5.56 Å². The summed E-state index contributed by atoms with van der Waals surface area (Å²) in [5.74, 6) is 0. The molecule has 4 heteroatoms. The average Bonchev–Trinajstić information content (AvgIpc) is 2.94. The summed E-state index contributed by atoms with van der Waals surface area (Å²) >= 11 is 0. The molecule has 4 nitrogen and oxygen atoms in total. The summed E-state index contributed by atoms with van der Waals surface area (Å²) < 4.78 is 1.76. The van der Waals surface area contributed by atoms with Gasteiger partial charge in [0.15, 0.2) is 5.69 Å². The number of hydrogen-bond donors (Lipinski definition) is 0. The summed E-state index contributed by atoms with van der Waals surface area (Å²) in [6.45, 7) is 6.10. The third-order valence-electron chi connectivity index (χ3n) is 3.69. The van der Waals surface area contributed by atoms with Gasteiger partial charge >= 0.3 is 0 Å². The SMILES string of the molecule is Cc1ccc(-c2c(C#N)nnn2-c2cc(C)ccc2C)cc1. The minimum Gasteiger partial charge on any atom is -0.211 e. The van der Waals surface area contributed by atoms with Gasteiger partial charge in [0.2, 0.25) is 0 Å². The van der Waals surface area contributed by atoms with Crippen molar-refractivity contribution in [1.82, 2.24) is 15.0 Å². The van der Waals surface area contributed by atoms with E-state index in [0.717, 1.165) is 28.1 Å². The van der Waals surface area contributed by atoms with E-state index in [2.05, 4.69) is 34.6 Å². The van der Waals surface area contributed by atoms with Gasteiger partial charge in [0.1, 0.15) is 11.8 Å². The van der Waals surface area contributed by atoms with Crippen molar-refractivity contribution in [2.45, 2.75) is 20.8 Å². The summed E-state index contributed by atoms with van der Waals surface area (Å²) in [5, 5.41) is 17.6. The van der Waals surface area contributed by atoms with Gasteiger partial charge in [-0.2, -0.15) is 5.26 Å². The van der Waals surface area contributed by atoms with Crippen LogP contribution in [0.5, 0.6) is 0 Å². The van der Waals surface area contributed by atoms with Crippen LogP contribution >= 0.6 is 0 Å². The molecule has 0 saturated heterocycles. The highest BCUT2D eigenvalue weighted by molar-refractivity contribution is 5.67. The molecule has 0 amide bonds.